The van der Waals surface area contributed by atoms with E-state index < -0.39 is 0 Å². The summed E-state index contributed by atoms with van der Waals surface area (Å²) in [5, 5.41) is 2.94. The van der Waals surface area contributed by atoms with Crippen molar-refractivity contribution in [1.82, 2.24) is 14.7 Å². The first-order valence-electron chi connectivity index (χ1n) is 9.81. The van der Waals surface area contributed by atoms with Crippen molar-refractivity contribution in [3.05, 3.63) is 89.9 Å². The Labute approximate surface area is 185 Å². The van der Waals surface area contributed by atoms with E-state index in [9.17, 15) is 4.79 Å². The molecule has 2 aromatic heterocycles. The molecule has 1 N–H and O–H groups in total. The van der Waals surface area contributed by atoms with Crippen LogP contribution in [0.1, 0.15) is 21.6 Å². The van der Waals surface area contributed by atoms with Crippen LogP contribution in [-0.2, 0) is 12.3 Å². The van der Waals surface area contributed by atoms with Crippen molar-refractivity contribution < 1.29 is 14.3 Å². The fraction of sp³-hybridized carbons (Fsp3) is 0.167. The summed E-state index contributed by atoms with van der Waals surface area (Å²) >= 11 is 1.69. The summed E-state index contributed by atoms with van der Waals surface area (Å²) in [5.74, 6) is 2.03. The molecule has 0 unspecified atom stereocenters. The highest BCUT2D eigenvalue weighted by Gasteiger charge is 2.10. The van der Waals surface area contributed by atoms with Crippen molar-refractivity contribution in [1.29, 1.82) is 0 Å². The van der Waals surface area contributed by atoms with Gasteiger partial charge in [-0.25, -0.2) is 4.98 Å². The Hall–Kier alpha value is -3.45. The number of carbonyl (C=O) groups excluding carboxylic acids is 1. The van der Waals surface area contributed by atoms with Crippen LogP contribution < -0.4 is 14.8 Å². The van der Waals surface area contributed by atoms with E-state index in [1.165, 1.54) is 0 Å². The van der Waals surface area contributed by atoms with Crippen molar-refractivity contribution in [3.63, 3.8) is 0 Å². The molecule has 0 aliphatic rings. The van der Waals surface area contributed by atoms with E-state index in [1.54, 1.807) is 32.0 Å². The van der Waals surface area contributed by atoms with Gasteiger partial charge in [-0.2, -0.15) is 0 Å². The SMILES string of the molecule is COc1ccc(CNC(=O)c2ccc(SCc3cn4ccccc4n3)cc2)c(OC)c1. The Morgan fingerprint density at radius 2 is 1.90 bits per heavy atom. The Morgan fingerprint density at radius 1 is 1.06 bits per heavy atom. The first-order valence-corrected chi connectivity index (χ1v) is 10.8. The number of ether oxygens (including phenoxy) is 2. The van der Waals surface area contributed by atoms with E-state index in [-0.39, 0.29) is 5.91 Å². The van der Waals surface area contributed by atoms with Crippen LogP contribution in [0, 0.1) is 0 Å². The molecule has 6 nitrogen and oxygen atoms in total. The summed E-state index contributed by atoms with van der Waals surface area (Å²) in [6.45, 7) is 0.371. The van der Waals surface area contributed by atoms with Gasteiger partial charge in [0, 0.05) is 46.8 Å². The van der Waals surface area contributed by atoms with E-state index in [2.05, 4.69) is 10.3 Å². The monoisotopic (exact) mass is 433 g/mol. The Bertz CT molecular complexity index is 1160. The van der Waals surface area contributed by atoms with Crippen LogP contribution >= 0.6 is 11.8 Å². The maximum atomic E-state index is 12.5. The van der Waals surface area contributed by atoms with Gasteiger partial charge in [0.2, 0.25) is 0 Å². The third-order valence-corrected chi connectivity index (χ3v) is 5.90. The number of methoxy groups -OCH3 is 2. The first kappa shape index (κ1) is 20.8. The van der Waals surface area contributed by atoms with Crippen LogP contribution in [0.15, 0.2) is 78.0 Å². The van der Waals surface area contributed by atoms with Gasteiger partial charge in [0.25, 0.3) is 5.91 Å². The average Bonchev–Trinajstić information content (AvgIpc) is 3.24. The molecule has 2 heterocycles. The Kier molecular flexibility index (Phi) is 6.43. The Morgan fingerprint density at radius 3 is 2.65 bits per heavy atom. The molecule has 0 spiro atoms. The van der Waals surface area contributed by atoms with Gasteiger partial charge in [-0.3, -0.25) is 4.79 Å². The minimum atomic E-state index is -0.130. The molecule has 0 saturated carbocycles. The molecule has 4 rings (SSSR count). The molecule has 0 bridgehead atoms. The van der Waals surface area contributed by atoms with Gasteiger partial charge in [-0.05, 0) is 48.5 Å². The number of nitrogens with zero attached hydrogens (tertiary/aromatic N) is 2. The van der Waals surface area contributed by atoms with Crippen LogP contribution in [-0.4, -0.2) is 29.5 Å². The molecule has 7 heteroatoms. The number of benzene rings is 2. The highest BCUT2D eigenvalue weighted by atomic mass is 32.2. The number of nitrogens with one attached hydrogen (secondary N) is 1. The van der Waals surface area contributed by atoms with Gasteiger partial charge >= 0.3 is 0 Å². The second kappa shape index (κ2) is 9.57. The van der Waals surface area contributed by atoms with Crippen LogP contribution in [0.4, 0.5) is 0 Å². The van der Waals surface area contributed by atoms with E-state index >= 15 is 0 Å². The fourth-order valence-corrected chi connectivity index (χ4v) is 3.97. The van der Waals surface area contributed by atoms with Gasteiger partial charge in [0.05, 0.1) is 19.9 Å². The molecule has 158 valence electrons. The van der Waals surface area contributed by atoms with E-state index in [4.69, 9.17) is 9.47 Å². The number of aromatic nitrogens is 2. The number of hydrogen-bond acceptors (Lipinski definition) is 5. The standard InChI is InChI=1S/C24H23N3O3S/c1-29-20-9-6-18(22(13-20)30-2)14-25-24(28)17-7-10-21(11-8-17)31-16-19-15-27-12-4-3-5-23(27)26-19/h3-13,15H,14,16H2,1-2H3,(H,25,28). The first-order chi connectivity index (χ1) is 15.2. The van der Waals surface area contributed by atoms with Crippen LogP contribution in [0.3, 0.4) is 0 Å². The van der Waals surface area contributed by atoms with Gasteiger partial charge in [0.15, 0.2) is 0 Å². The molecule has 0 atom stereocenters. The summed E-state index contributed by atoms with van der Waals surface area (Å²) in [6.07, 6.45) is 4.03. The smallest absolute Gasteiger partial charge is 0.251 e. The summed E-state index contributed by atoms with van der Waals surface area (Å²) in [6, 6.07) is 19.1. The lowest BCUT2D eigenvalue weighted by Crippen LogP contribution is -2.23. The predicted octanol–water partition coefficient (Wildman–Crippen LogP) is 4.57. The Balaban J connectivity index is 1.33. The molecule has 1 amide bonds. The number of rotatable bonds is 8. The van der Waals surface area contributed by atoms with Gasteiger partial charge in [-0.15, -0.1) is 11.8 Å². The van der Waals surface area contributed by atoms with Crippen molar-refractivity contribution >= 4 is 23.3 Å². The van der Waals surface area contributed by atoms with E-state index in [0.29, 0.717) is 23.6 Å². The highest BCUT2D eigenvalue weighted by Crippen LogP contribution is 2.25. The number of hydrogen-bond donors (Lipinski definition) is 1. The number of thioether (sulfide) groups is 1. The third-order valence-electron chi connectivity index (χ3n) is 4.85. The van der Waals surface area contributed by atoms with Crippen molar-refractivity contribution in [3.8, 4) is 11.5 Å². The number of pyridine rings is 1. The van der Waals surface area contributed by atoms with Crippen molar-refractivity contribution in [2.24, 2.45) is 0 Å². The normalized spacial score (nSPS) is 10.8. The zero-order valence-corrected chi connectivity index (χ0v) is 18.2. The van der Waals surface area contributed by atoms with Crippen LogP contribution in [0.25, 0.3) is 5.65 Å². The molecular formula is C24H23N3O3S. The summed E-state index contributed by atoms with van der Waals surface area (Å²) in [7, 11) is 3.21. The van der Waals surface area contributed by atoms with Gasteiger partial charge < -0.3 is 19.2 Å². The molecular weight excluding hydrogens is 410 g/mol. The maximum Gasteiger partial charge on any atom is 0.251 e. The average molecular weight is 434 g/mol. The van der Waals surface area contributed by atoms with Crippen molar-refractivity contribution in [2.45, 2.75) is 17.2 Å². The van der Waals surface area contributed by atoms with Gasteiger partial charge in [0.1, 0.15) is 17.1 Å². The van der Waals surface area contributed by atoms with E-state index in [1.807, 2.05) is 71.4 Å². The molecule has 0 radical (unpaired) electrons. The minimum Gasteiger partial charge on any atom is -0.497 e. The number of imidazole rings is 1. The highest BCUT2D eigenvalue weighted by molar-refractivity contribution is 7.98. The van der Waals surface area contributed by atoms with Gasteiger partial charge in [-0.1, -0.05) is 6.07 Å². The molecule has 0 saturated heterocycles. The second-order valence-corrected chi connectivity index (χ2v) is 7.92. The van der Waals surface area contributed by atoms with Crippen LogP contribution in [0.5, 0.6) is 11.5 Å². The zero-order valence-electron chi connectivity index (χ0n) is 17.4. The predicted molar refractivity (Wildman–Crippen MR) is 122 cm³/mol. The minimum absolute atomic E-state index is 0.130. The molecule has 31 heavy (non-hydrogen) atoms. The number of amides is 1. The zero-order chi connectivity index (χ0) is 21.6. The lowest BCUT2D eigenvalue weighted by molar-refractivity contribution is 0.0950. The lowest BCUT2D eigenvalue weighted by atomic mass is 10.1. The van der Waals surface area contributed by atoms with E-state index in [0.717, 1.165) is 27.6 Å². The quantitative estimate of drug-likeness (QED) is 0.412. The van der Waals surface area contributed by atoms with Crippen molar-refractivity contribution in [2.75, 3.05) is 14.2 Å². The number of carbonyl (C=O) groups is 1. The molecule has 0 aliphatic heterocycles. The largest absolute Gasteiger partial charge is 0.497 e. The lowest BCUT2D eigenvalue weighted by Gasteiger charge is -2.11. The molecule has 0 fully saturated rings. The molecule has 2 aromatic carbocycles. The number of fused-ring (bicyclic) bond motifs is 1. The summed E-state index contributed by atoms with van der Waals surface area (Å²) in [5.41, 5.74) is 3.46. The summed E-state index contributed by atoms with van der Waals surface area (Å²) in [4.78, 5) is 18.2. The molecule has 4 aromatic rings. The third kappa shape index (κ3) is 5.00. The maximum absolute atomic E-state index is 12.5. The fourth-order valence-electron chi connectivity index (χ4n) is 3.19. The molecule has 0 aliphatic carbocycles. The second-order valence-electron chi connectivity index (χ2n) is 6.87. The topological polar surface area (TPSA) is 64.9 Å². The van der Waals surface area contributed by atoms with Crippen LogP contribution in [0.2, 0.25) is 0 Å². The summed E-state index contributed by atoms with van der Waals surface area (Å²) < 4.78 is 12.6.